The van der Waals surface area contributed by atoms with E-state index in [1.54, 1.807) is 11.0 Å². The molecule has 20 heavy (non-hydrogen) atoms. The van der Waals surface area contributed by atoms with Crippen LogP contribution in [0.25, 0.3) is 0 Å². The Bertz CT molecular complexity index is 461. The Kier molecular flexibility index (Phi) is 3.71. The molecule has 2 fully saturated rings. The van der Waals surface area contributed by atoms with Gasteiger partial charge in [-0.05, 0) is 20.5 Å². The fourth-order valence-corrected chi connectivity index (χ4v) is 3.31. The van der Waals surface area contributed by atoms with Gasteiger partial charge in [-0.3, -0.25) is 9.48 Å². The number of ether oxygens (including phenoxy) is 1. The summed E-state index contributed by atoms with van der Waals surface area (Å²) in [5.41, 5.74) is 0. The van der Waals surface area contributed by atoms with E-state index in [-0.39, 0.29) is 24.1 Å². The summed E-state index contributed by atoms with van der Waals surface area (Å²) in [5, 5.41) is 7.15. The highest BCUT2D eigenvalue weighted by atomic mass is 16.5. The molecule has 1 aromatic heterocycles. The summed E-state index contributed by atoms with van der Waals surface area (Å²) >= 11 is 0. The van der Waals surface area contributed by atoms with Crippen LogP contribution in [0.1, 0.15) is 12.8 Å². The Hall–Kier alpha value is -1.47. The van der Waals surface area contributed by atoms with Crippen LogP contribution in [0, 0.1) is 5.92 Å². The fourth-order valence-electron chi connectivity index (χ4n) is 3.31. The smallest absolute Gasteiger partial charge is 0.222 e. The molecule has 4 atom stereocenters. The second-order valence-corrected chi connectivity index (χ2v) is 5.74. The van der Waals surface area contributed by atoms with Crippen molar-refractivity contribution < 1.29 is 9.53 Å². The number of nitrogens with one attached hydrogen (secondary N) is 1. The third-order valence-corrected chi connectivity index (χ3v) is 4.31. The van der Waals surface area contributed by atoms with Crippen LogP contribution in [0.5, 0.6) is 0 Å². The van der Waals surface area contributed by atoms with E-state index in [9.17, 15) is 4.79 Å². The number of hydrogen-bond acceptors (Lipinski definition) is 5. The lowest BCUT2D eigenvalue weighted by molar-refractivity contribution is -0.128. The van der Waals surface area contributed by atoms with E-state index in [2.05, 4.69) is 20.3 Å². The van der Waals surface area contributed by atoms with Crippen molar-refractivity contribution in [3.05, 3.63) is 12.7 Å². The first-order valence-corrected chi connectivity index (χ1v) is 7.06. The topological polar surface area (TPSA) is 72.3 Å². The first kappa shape index (κ1) is 13.5. The quantitative estimate of drug-likeness (QED) is 0.787. The monoisotopic (exact) mass is 279 g/mol. The molecular weight excluding hydrogens is 258 g/mol. The molecule has 7 nitrogen and oxygen atoms in total. The van der Waals surface area contributed by atoms with Crippen molar-refractivity contribution in [3.8, 4) is 0 Å². The van der Waals surface area contributed by atoms with Crippen LogP contribution in [-0.2, 0) is 16.1 Å². The van der Waals surface area contributed by atoms with E-state index in [4.69, 9.17) is 4.74 Å². The largest absolute Gasteiger partial charge is 0.376 e. The standard InChI is InChI=1S/C13H21N5O2/c1-17(2)12-11(9-4-6-20-13(9)12)16-10(19)3-5-18-8-14-7-15-18/h7-9,11-13H,3-6H2,1-2H3,(H,16,19)/t9-,11+,12-,13-/m0/s1. The zero-order chi connectivity index (χ0) is 14.1. The van der Waals surface area contributed by atoms with Crippen molar-refractivity contribution in [3.63, 3.8) is 0 Å². The number of fused-ring (bicyclic) bond motifs is 1. The van der Waals surface area contributed by atoms with E-state index in [1.807, 2.05) is 14.1 Å². The first-order chi connectivity index (χ1) is 9.66. The Balaban J connectivity index is 1.52. The van der Waals surface area contributed by atoms with Gasteiger partial charge in [-0.2, -0.15) is 5.10 Å². The van der Waals surface area contributed by atoms with E-state index in [1.165, 1.54) is 6.33 Å². The first-order valence-electron chi connectivity index (χ1n) is 7.06. The highest BCUT2D eigenvalue weighted by Gasteiger charge is 2.55. The molecule has 1 amide bonds. The Morgan fingerprint density at radius 1 is 1.55 bits per heavy atom. The lowest BCUT2D eigenvalue weighted by Gasteiger charge is -2.50. The van der Waals surface area contributed by atoms with Crippen LogP contribution < -0.4 is 5.32 Å². The Morgan fingerprint density at radius 3 is 3.10 bits per heavy atom. The Labute approximate surface area is 118 Å². The molecule has 0 bridgehead atoms. The van der Waals surface area contributed by atoms with Crippen molar-refractivity contribution in [1.29, 1.82) is 0 Å². The molecule has 0 radical (unpaired) electrons. The summed E-state index contributed by atoms with van der Waals surface area (Å²) in [6, 6.07) is 0.499. The van der Waals surface area contributed by atoms with Gasteiger partial charge in [-0.1, -0.05) is 0 Å². The maximum Gasteiger partial charge on any atom is 0.222 e. The summed E-state index contributed by atoms with van der Waals surface area (Å²) < 4.78 is 7.41. The number of hydrogen-bond donors (Lipinski definition) is 1. The molecule has 1 aromatic rings. The number of likely N-dealkylation sites (N-methyl/N-ethyl adjacent to an activating group) is 1. The van der Waals surface area contributed by atoms with Gasteiger partial charge in [0.2, 0.25) is 5.91 Å². The zero-order valence-electron chi connectivity index (χ0n) is 11.9. The van der Waals surface area contributed by atoms with Crippen molar-refractivity contribution in [2.24, 2.45) is 5.92 Å². The number of nitrogens with zero attached hydrogens (tertiary/aromatic N) is 4. The summed E-state index contributed by atoms with van der Waals surface area (Å²) in [6.07, 6.45) is 4.86. The molecule has 3 rings (SSSR count). The van der Waals surface area contributed by atoms with Crippen LogP contribution >= 0.6 is 0 Å². The van der Waals surface area contributed by atoms with Gasteiger partial charge in [0.25, 0.3) is 0 Å². The number of aryl methyl sites for hydroxylation is 1. The van der Waals surface area contributed by atoms with E-state index >= 15 is 0 Å². The predicted octanol–water partition coefficient (Wildman–Crippen LogP) is -0.498. The number of aromatic nitrogens is 3. The second-order valence-electron chi connectivity index (χ2n) is 5.74. The van der Waals surface area contributed by atoms with Crippen molar-refractivity contribution >= 4 is 5.91 Å². The predicted molar refractivity (Wildman–Crippen MR) is 71.9 cm³/mol. The highest BCUT2D eigenvalue weighted by molar-refractivity contribution is 5.76. The van der Waals surface area contributed by atoms with Crippen molar-refractivity contribution in [2.75, 3.05) is 20.7 Å². The van der Waals surface area contributed by atoms with E-state index in [0.717, 1.165) is 13.0 Å². The summed E-state index contributed by atoms with van der Waals surface area (Å²) in [4.78, 5) is 18.1. The van der Waals surface area contributed by atoms with Gasteiger partial charge in [-0.15, -0.1) is 0 Å². The van der Waals surface area contributed by atoms with Gasteiger partial charge in [0.15, 0.2) is 0 Å². The van der Waals surface area contributed by atoms with Gasteiger partial charge in [0.1, 0.15) is 12.7 Å². The van der Waals surface area contributed by atoms with Gasteiger partial charge < -0.3 is 15.0 Å². The van der Waals surface area contributed by atoms with Crippen LogP contribution in [-0.4, -0.2) is 64.5 Å². The molecule has 1 aliphatic carbocycles. The van der Waals surface area contributed by atoms with Crippen molar-refractivity contribution in [1.82, 2.24) is 25.0 Å². The van der Waals surface area contributed by atoms with Gasteiger partial charge in [-0.25, -0.2) is 4.98 Å². The average Bonchev–Trinajstić information content (AvgIpc) is 3.02. The molecule has 0 spiro atoms. The lowest BCUT2D eigenvalue weighted by Crippen LogP contribution is -2.69. The molecule has 0 unspecified atom stereocenters. The zero-order valence-corrected chi connectivity index (χ0v) is 11.9. The molecule has 1 saturated carbocycles. The number of amides is 1. The maximum atomic E-state index is 12.1. The minimum Gasteiger partial charge on any atom is -0.376 e. The molecule has 1 aliphatic heterocycles. The van der Waals surface area contributed by atoms with E-state index in [0.29, 0.717) is 18.9 Å². The molecule has 7 heteroatoms. The minimum absolute atomic E-state index is 0.0719. The SMILES string of the molecule is CN(C)[C@H]1[C@H](NC(=O)CCn2cncn2)[C@@H]2CCO[C@@H]21. The normalized spacial score (nSPS) is 31.9. The summed E-state index contributed by atoms with van der Waals surface area (Å²) in [6.45, 7) is 1.38. The third kappa shape index (κ3) is 2.43. The molecule has 0 aromatic carbocycles. The molecule has 1 saturated heterocycles. The average molecular weight is 279 g/mol. The van der Waals surface area contributed by atoms with Gasteiger partial charge in [0.05, 0.1) is 24.7 Å². The third-order valence-electron chi connectivity index (χ3n) is 4.31. The van der Waals surface area contributed by atoms with E-state index < -0.39 is 0 Å². The summed E-state index contributed by atoms with van der Waals surface area (Å²) in [5.74, 6) is 0.542. The maximum absolute atomic E-state index is 12.1. The Morgan fingerprint density at radius 2 is 2.40 bits per heavy atom. The van der Waals surface area contributed by atoms with Crippen LogP contribution in [0.4, 0.5) is 0 Å². The lowest BCUT2D eigenvalue weighted by atomic mass is 9.71. The van der Waals surface area contributed by atoms with Crippen LogP contribution in [0.15, 0.2) is 12.7 Å². The molecule has 110 valence electrons. The molecule has 1 N–H and O–H groups in total. The second kappa shape index (κ2) is 5.49. The molecule has 2 heterocycles. The van der Waals surface area contributed by atoms with Crippen LogP contribution in [0.3, 0.4) is 0 Å². The van der Waals surface area contributed by atoms with Crippen LogP contribution in [0.2, 0.25) is 0 Å². The van der Waals surface area contributed by atoms with Crippen molar-refractivity contribution in [2.45, 2.75) is 37.6 Å². The van der Waals surface area contributed by atoms with Gasteiger partial charge in [0, 0.05) is 18.9 Å². The highest BCUT2D eigenvalue weighted by Crippen LogP contribution is 2.41. The summed E-state index contributed by atoms with van der Waals surface area (Å²) in [7, 11) is 4.08. The minimum atomic E-state index is 0.0719. The molecule has 2 aliphatic rings. The van der Waals surface area contributed by atoms with Gasteiger partial charge >= 0.3 is 0 Å². The number of rotatable bonds is 5. The molecular formula is C13H21N5O2. The number of carbonyl (C=O) groups excluding carboxylic acids is 1. The number of carbonyl (C=O) groups is 1. The fraction of sp³-hybridized carbons (Fsp3) is 0.769.